The van der Waals surface area contributed by atoms with Crippen LogP contribution in [0.1, 0.15) is 33.6 Å². The van der Waals surface area contributed by atoms with Gasteiger partial charge in [0.1, 0.15) is 0 Å². The summed E-state index contributed by atoms with van der Waals surface area (Å²) in [7, 11) is 1.33. The summed E-state index contributed by atoms with van der Waals surface area (Å²) < 4.78 is 9.12. The number of unbranched alkanes of at least 4 members (excludes halogenated alkanes) is 1. The second-order valence-electron chi connectivity index (χ2n) is 4.42. The number of esters is 2. The second kappa shape index (κ2) is 12.4. The highest BCUT2D eigenvalue weighted by molar-refractivity contribution is 5.94. The average Bonchev–Trinajstić information content (AvgIpc) is 2.46. The van der Waals surface area contributed by atoms with Crippen molar-refractivity contribution in [2.24, 2.45) is 0 Å². The monoisotopic (exact) mass is 312 g/mol. The zero-order chi connectivity index (χ0) is 17.7. The first-order valence-corrected chi connectivity index (χ1v) is 6.68. The number of carboxylic acid groups (broad SMARTS) is 1. The molecule has 0 unspecified atom stereocenters. The van der Waals surface area contributed by atoms with Gasteiger partial charge in [0.25, 0.3) is 0 Å². The lowest BCUT2D eigenvalue weighted by Gasteiger charge is -2.03. The van der Waals surface area contributed by atoms with Crippen molar-refractivity contribution >= 4 is 17.9 Å². The first-order chi connectivity index (χ1) is 10.2. The summed E-state index contributed by atoms with van der Waals surface area (Å²) in [5, 5.41) is 8.57. The highest BCUT2D eigenvalue weighted by Crippen LogP contribution is 2.03. The van der Waals surface area contributed by atoms with Gasteiger partial charge in [-0.05, 0) is 26.3 Å². The van der Waals surface area contributed by atoms with Crippen molar-refractivity contribution in [2.75, 3.05) is 13.7 Å². The lowest BCUT2D eigenvalue weighted by atomic mass is 10.2. The van der Waals surface area contributed by atoms with Crippen LogP contribution in [0.3, 0.4) is 0 Å². The fraction of sp³-hybridized carbons (Fsp3) is 0.438. The predicted molar refractivity (Wildman–Crippen MR) is 83.2 cm³/mol. The number of carbonyl (C=O) groups is 3. The third-order valence-electron chi connectivity index (χ3n) is 2.26. The molecule has 0 atom stereocenters. The van der Waals surface area contributed by atoms with Crippen LogP contribution in [0, 0.1) is 0 Å². The van der Waals surface area contributed by atoms with Crippen LogP contribution in [0.25, 0.3) is 0 Å². The Balaban J connectivity index is 0. The van der Waals surface area contributed by atoms with Crippen LogP contribution in [0.5, 0.6) is 0 Å². The number of methoxy groups -OCH3 is 1. The Kier molecular flexibility index (Phi) is 12.3. The van der Waals surface area contributed by atoms with Crippen molar-refractivity contribution in [2.45, 2.75) is 33.6 Å². The SMILES string of the molecule is C=C(C)C(=O)OC.C=C(C=C(C)C(=O)O)C(=O)OCCCC. The Morgan fingerprint density at radius 1 is 1.14 bits per heavy atom. The molecule has 1 N–H and O–H groups in total. The zero-order valence-corrected chi connectivity index (χ0v) is 13.6. The minimum atomic E-state index is -1.07. The van der Waals surface area contributed by atoms with E-state index < -0.39 is 11.9 Å². The Bertz CT molecular complexity index is 459. The molecule has 0 saturated heterocycles. The summed E-state index contributed by atoms with van der Waals surface area (Å²) in [4.78, 5) is 31.9. The van der Waals surface area contributed by atoms with Crippen molar-refractivity contribution in [3.63, 3.8) is 0 Å². The molecule has 0 fully saturated rings. The maximum absolute atomic E-state index is 11.2. The first kappa shape index (κ1) is 21.9. The van der Waals surface area contributed by atoms with Gasteiger partial charge in [-0.1, -0.05) is 26.5 Å². The molecule has 0 aliphatic rings. The molecule has 0 amide bonds. The molecule has 0 heterocycles. The Labute approximate surface area is 131 Å². The molecule has 0 saturated carbocycles. The van der Waals surface area contributed by atoms with E-state index in [1.54, 1.807) is 6.92 Å². The third kappa shape index (κ3) is 11.5. The normalized spacial score (nSPS) is 9.91. The van der Waals surface area contributed by atoms with Gasteiger partial charge in [-0.25, -0.2) is 14.4 Å². The van der Waals surface area contributed by atoms with E-state index in [9.17, 15) is 14.4 Å². The molecular weight excluding hydrogens is 288 g/mol. The van der Waals surface area contributed by atoms with Gasteiger partial charge in [0.05, 0.1) is 19.3 Å². The van der Waals surface area contributed by atoms with E-state index in [0.29, 0.717) is 12.2 Å². The van der Waals surface area contributed by atoms with Crippen LogP contribution in [-0.2, 0) is 23.9 Å². The average molecular weight is 312 g/mol. The maximum atomic E-state index is 11.2. The summed E-state index contributed by atoms with van der Waals surface area (Å²) in [6.07, 6.45) is 2.93. The van der Waals surface area contributed by atoms with Crippen LogP contribution in [0.2, 0.25) is 0 Å². The number of hydrogen-bond donors (Lipinski definition) is 1. The van der Waals surface area contributed by atoms with Crippen LogP contribution >= 0.6 is 0 Å². The molecule has 124 valence electrons. The smallest absolute Gasteiger partial charge is 0.337 e. The number of ether oxygens (including phenoxy) is 2. The number of carboxylic acids is 1. The van der Waals surface area contributed by atoms with E-state index in [2.05, 4.69) is 17.9 Å². The molecule has 0 aliphatic carbocycles. The van der Waals surface area contributed by atoms with Gasteiger partial charge in [-0.3, -0.25) is 0 Å². The number of rotatable bonds is 7. The van der Waals surface area contributed by atoms with Gasteiger partial charge in [-0.2, -0.15) is 0 Å². The Morgan fingerprint density at radius 3 is 2.00 bits per heavy atom. The molecule has 22 heavy (non-hydrogen) atoms. The van der Waals surface area contributed by atoms with Crippen molar-refractivity contribution in [3.05, 3.63) is 36.0 Å². The fourth-order valence-electron chi connectivity index (χ4n) is 0.958. The Hall–Kier alpha value is -2.37. The lowest BCUT2D eigenvalue weighted by molar-refractivity contribution is -0.138. The molecule has 0 aromatic carbocycles. The van der Waals surface area contributed by atoms with E-state index in [1.165, 1.54) is 20.1 Å². The highest BCUT2D eigenvalue weighted by atomic mass is 16.5. The van der Waals surface area contributed by atoms with Gasteiger partial charge < -0.3 is 14.6 Å². The van der Waals surface area contributed by atoms with E-state index in [-0.39, 0.29) is 17.1 Å². The second-order valence-corrected chi connectivity index (χ2v) is 4.42. The molecule has 0 bridgehead atoms. The van der Waals surface area contributed by atoms with Crippen LogP contribution < -0.4 is 0 Å². The van der Waals surface area contributed by atoms with Crippen LogP contribution in [0.4, 0.5) is 0 Å². The number of carbonyl (C=O) groups excluding carboxylic acids is 2. The quantitative estimate of drug-likeness (QED) is 0.336. The van der Waals surface area contributed by atoms with Gasteiger partial charge in [0.15, 0.2) is 0 Å². The van der Waals surface area contributed by atoms with Crippen LogP contribution in [-0.4, -0.2) is 36.7 Å². The minimum absolute atomic E-state index is 0.0611. The van der Waals surface area contributed by atoms with Gasteiger partial charge in [0, 0.05) is 11.1 Å². The summed E-state index contributed by atoms with van der Waals surface area (Å²) in [6.45, 7) is 12.1. The third-order valence-corrected chi connectivity index (χ3v) is 2.26. The van der Waals surface area contributed by atoms with Gasteiger partial charge in [0.2, 0.25) is 0 Å². The number of aliphatic carboxylic acids is 1. The predicted octanol–water partition coefficient (Wildman–Crippen LogP) is 2.65. The molecular formula is C16H24O6. The molecule has 0 aliphatic heterocycles. The zero-order valence-electron chi connectivity index (χ0n) is 13.6. The maximum Gasteiger partial charge on any atom is 0.337 e. The molecule has 6 nitrogen and oxygen atoms in total. The van der Waals surface area contributed by atoms with E-state index in [4.69, 9.17) is 9.84 Å². The first-order valence-electron chi connectivity index (χ1n) is 6.68. The molecule has 0 aromatic heterocycles. The molecule has 0 aromatic rings. The summed E-state index contributed by atoms with van der Waals surface area (Å²) in [6, 6.07) is 0. The van der Waals surface area contributed by atoms with Gasteiger partial charge >= 0.3 is 17.9 Å². The standard InChI is InChI=1S/C11H16O4.C5H8O2/c1-4-5-6-15-11(14)9(3)7-8(2)10(12)13;1-4(2)5(6)7-3/h7H,3-6H2,1-2H3,(H,12,13);1H2,2-3H3. The number of hydrogen-bond acceptors (Lipinski definition) is 5. The Morgan fingerprint density at radius 2 is 1.68 bits per heavy atom. The van der Waals surface area contributed by atoms with Gasteiger partial charge in [-0.15, -0.1) is 0 Å². The fourth-order valence-corrected chi connectivity index (χ4v) is 0.958. The molecule has 0 rings (SSSR count). The molecule has 6 heteroatoms. The summed E-state index contributed by atoms with van der Waals surface area (Å²) >= 11 is 0. The van der Waals surface area contributed by atoms with Crippen molar-refractivity contribution < 1.29 is 29.0 Å². The van der Waals surface area contributed by atoms with E-state index in [0.717, 1.165) is 12.8 Å². The molecule has 0 radical (unpaired) electrons. The highest BCUT2D eigenvalue weighted by Gasteiger charge is 2.08. The summed E-state index contributed by atoms with van der Waals surface area (Å²) in [5.41, 5.74) is 0.556. The van der Waals surface area contributed by atoms with Crippen LogP contribution in [0.15, 0.2) is 36.0 Å². The lowest BCUT2D eigenvalue weighted by Crippen LogP contribution is -2.08. The van der Waals surface area contributed by atoms with Crippen molar-refractivity contribution in [3.8, 4) is 0 Å². The topological polar surface area (TPSA) is 89.9 Å². The summed E-state index contributed by atoms with van der Waals surface area (Å²) in [5.74, 6) is -1.98. The largest absolute Gasteiger partial charge is 0.478 e. The van der Waals surface area contributed by atoms with Crippen molar-refractivity contribution in [1.82, 2.24) is 0 Å². The van der Waals surface area contributed by atoms with E-state index >= 15 is 0 Å². The molecule has 0 spiro atoms. The van der Waals surface area contributed by atoms with E-state index in [1.807, 2.05) is 6.92 Å². The van der Waals surface area contributed by atoms with Crippen molar-refractivity contribution in [1.29, 1.82) is 0 Å². The minimum Gasteiger partial charge on any atom is -0.478 e.